The standard InChI is InChI=1S/C13H27N3O2/c1-7-16(8-2)12(18)9(3)15-11(17)10(14)13(4,5)6/h9-10H,7-8,14H2,1-6H3,(H,15,17)/t9?,10-/m0/s1. The average Bonchev–Trinajstić information content (AvgIpc) is 2.27. The first-order valence-electron chi connectivity index (χ1n) is 6.49. The summed E-state index contributed by atoms with van der Waals surface area (Å²) in [5, 5.41) is 2.68. The summed E-state index contributed by atoms with van der Waals surface area (Å²) in [5.74, 6) is -0.357. The van der Waals surface area contributed by atoms with Crippen LogP contribution in [0.15, 0.2) is 0 Å². The number of hydrogen-bond acceptors (Lipinski definition) is 3. The molecule has 0 spiro atoms. The third-order valence-corrected chi connectivity index (χ3v) is 3.02. The highest BCUT2D eigenvalue weighted by Gasteiger charge is 2.30. The van der Waals surface area contributed by atoms with Crippen molar-refractivity contribution >= 4 is 11.8 Å². The Morgan fingerprint density at radius 3 is 2.00 bits per heavy atom. The lowest BCUT2D eigenvalue weighted by Crippen LogP contribution is -2.54. The molecule has 2 amide bonds. The zero-order valence-corrected chi connectivity index (χ0v) is 12.4. The molecule has 5 nitrogen and oxygen atoms in total. The van der Waals surface area contributed by atoms with Crippen LogP contribution in [0.4, 0.5) is 0 Å². The summed E-state index contributed by atoms with van der Waals surface area (Å²) in [4.78, 5) is 25.6. The lowest BCUT2D eigenvalue weighted by Gasteiger charge is -2.28. The summed E-state index contributed by atoms with van der Waals surface area (Å²) in [6, 6.07) is -1.16. The van der Waals surface area contributed by atoms with Gasteiger partial charge < -0.3 is 16.0 Å². The highest BCUT2D eigenvalue weighted by atomic mass is 16.2. The lowest BCUT2D eigenvalue weighted by molar-refractivity contribution is -0.136. The fourth-order valence-corrected chi connectivity index (χ4v) is 1.57. The summed E-state index contributed by atoms with van der Waals surface area (Å²) in [7, 11) is 0. The van der Waals surface area contributed by atoms with Gasteiger partial charge >= 0.3 is 0 Å². The largest absolute Gasteiger partial charge is 0.343 e. The van der Waals surface area contributed by atoms with Crippen molar-refractivity contribution in [2.45, 2.75) is 53.6 Å². The van der Waals surface area contributed by atoms with Crippen molar-refractivity contribution < 1.29 is 9.59 Å². The van der Waals surface area contributed by atoms with Crippen molar-refractivity contribution in [2.75, 3.05) is 13.1 Å². The Morgan fingerprint density at radius 2 is 1.67 bits per heavy atom. The summed E-state index contributed by atoms with van der Waals surface area (Å²) in [6.45, 7) is 12.5. The van der Waals surface area contributed by atoms with E-state index in [2.05, 4.69) is 5.32 Å². The molecule has 0 aromatic rings. The Balaban J connectivity index is 4.53. The van der Waals surface area contributed by atoms with Gasteiger partial charge in [-0.2, -0.15) is 0 Å². The van der Waals surface area contributed by atoms with Crippen molar-refractivity contribution in [1.29, 1.82) is 0 Å². The maximum Gasteiger partial charge on any atom is 0.244 e. The molecule has 0 fully saturated rings. The van der Waals surface area contributed by atoms with Gasteiger partial charge in [0, 0.05) is 13.1 Å². The van der Waals surface area contributed by atoms with Gasteiger partial charge in [-0.15, -0.1) is 0 Å². The molecule has 0 rings (SSSR count). The predicted molar refractivity (Wildman–Crippen MR) is 73.0 cm³/mol. The zero-order valence-electron chi connectivity index (χ0n) is 12.4. The first-order chi connectivity index (χ1) is 8.15. The second-order valence-corrected chi connectivity index (χ2v) is 5.58. The van der Waals surface area contributed by atoms with E-state index < -0.39 is 12.1 Å². The van der Waals surface area contributed by atoms with E-state index in [0.717, 1.165) is 0 Å². The van der Waals surface area contributed by atoms with Crippen LogP contribution in [-0.4, -0.2) is 41.9 Å². The molecule has 0 radical (unpaired) electrons. The van der Waals surface area contributed by atoms with Gasteiger partial charge in [0.15, 0.2) is 0 Å². The average molecular weight is 257 g/mol. The molecular weight excluding hydrogens is 230 g/mol. The van der Waals surface area contributed by atoms with Crippen LogP contribution in [0.2, 0.25) is 0 Å². The number of nitrogens with two attached hydrogens (primary N) is 1. The molecule has 3 N–H and O–H groups in total. The van der Waals surface area contributed by atoms with Gasteiger partial charge in [-0.05, 0) is 26.2 Å². The van der Waals surface area contributed by atoms with Crippen LogP contribution < -0.4 is 11.1 Å². The smallest absolute Gasteiger partial charge is 0.244 e. The van der Waals surface area contributed by atoms with Crippen molar-refractivity contribution in [1.82, 2.24) is 10.2 Å². The number of carbonyl (C=O) groups is 2. The van der Waals surface area contributed by atoms with Crippen LogP contribution in [0.5, 0.6) is 0 Å². The maximum absolute atomic E-state index is 12.0. The van der Waals surface area contributed by atoms with Crippen molar-refractivity contribution in [3.8, 4) is 0 Å². The molecular formula is C13H27N3O2. The minimum atomic E-state index is -0.621. The summed E-state index contributed by atoms with van der Waals surface area (Å²) >= 11 is 0. The Bertz CT molecular complexity index is 293. The Kier molecular flexibility index (Phi) is 6.32. The predicted octanol–water partition coefficient (Wildman–Crippen LogP) is 0.733. The van der Waals surface area contributed by atoms with Gasteiger partial charge in [-0.1, -0.05) is 20.8 Å². The lowest BCUT2D eigenvalue weighted by atomic mass is 9.87. The molecule has 18 heavy (non-hydrogen) atoms. The zero-order chi connectivity index (χ0) is 14.5. The van der Waals surface area contributed by atoms with E-state index in [-0.39, 0.29) is 17.2 Å². The third kappa shape index (κ3) is 4.64. The van der Waals surface area contributed by atoms with Gasteiger partial charge in [0.05, 0.1) is 6.04 Å². The van der Waals surface area contributed by atoms with Gasteiger partial charge in [0.25, 0.3) is 0 Å². The molecule has 0 aliphatic carbocycles. The fourth-order valence-electron chi connectivity index (χ4n) is 1.57. The van der Waals surface area contributed by atoms with E-state index >= 15 is 0 Å². The maximum atomic E-state index is 12.0. The molecule has 0 saturated heterocycles. The molecule has 1 unspecified atom stereocenters. The Morgan fingerprint density at radius 1 is 1.22 bits per heavy atom. The summed E-state index contributed by atoms with van der Waals surface area (Å²) in [6.07, 6.45) is 0. The topological polar surface area (TPSA) is 75.4 Å². The number of nitrogens with zero attached hydrogens (tertiary/aromatic N) is 1. The number of rotatable bonds is 5. The summed E-state index contributed by atoms with van der Waals surface area (Å²) < 4.78 is 0. The minimum absolute atomic E-state index is 0.0746. The molecule has 0 aliphatic rings. The first kappa shape index (κ1) is 16.9. The Labute approximate surface area is 110 Å². The molecule has 5 heteroatoms. The van der Waals surface area contributed by atoms with Crippen molar-refractivity contribution in [2.24, 2.45) is 11.1 Å². The van der Waals surface area contributed by atoms with E-state index in [0.29, 0.717) is 13.1 Å². The van der Waals surface area contributed by atoms with E-state index in [1.54, 1.807) is 11.8 Å². The summed E-state index contributed by atoms with van der Waals surface area (Å²) in [5.41, 5.74) is 5.53. The second-order valence-electron chi connectivity index (χ2n) is 5.58. The number of carbonyl (C=O) groups excluding carboxylic acids is 2. The van der Waals surface area contributed by atoms with Crippen LogP contribution in [0, 0.1) is 5.41 Å². The molecule has 0 heterocycles. The van der Waals surface area contributed by atoms with E-state index in [9.17, 15) is 9.59 Å². The van der Waals surface area contributed by atoms with Gasteiger partial charge in [0.2, 0.25) is 11.8 Å². The SMILES string of the molecule is CCN(CC)C(=O)C(C)NC(=O)[C@H](N)C(C)(C)C. The Hall–Kier alpha value is -1.10. The molecule has 2 atom stereocenters. The van der Waals surface area contributed by atoms with Crippen LogP contribution in [0.3, 0.4) is 0 Å². The van der Waals surface area contributed by atoms with Crippen LogP contribution in [-0.2, 0) is 9.59 Å². The fraction of sp³-hybridized carbons (Fsp3) is 0.846. The van der Waals surface area contributed by atoms with Crippen LogP contribution >= 0.6 is 0 Å². The van der Waals surface area contributed by atoms with Gasteiger partial charge in [-0.25, -0.2) is 0 Å². The van der Waals surface area contributed by atoms with Gasteiger partial charge in [0.1, 0.15) is 6.04 Å². The first-order valence-corrected chi connectivity index (χ1v) is 6.49. The molecule has 0 aromatic heterocycles. The number of nitrogens with one attached hydrogen (secondary N) is 1. The molecule has 0 saturated carbocycles. The van der Waals surface area contributed by atoms with Crippen LogP contribution in [0.25, 0.3) is 0 Å². The van der Waals surface area contributed by atoms with Crippen LogP contribution in [0.1, 0.15) is 41.5 Å². The monoisotopic (exact) mass is 257 g/mol. The highest BCUT2D eigenvalue weighted by molar-refractivity contribution is 5.89. The molecule has 0 aliphatic heterocycles. The van der Waals surface area contributed by atoms with Gasteiger partial charge in [-0.3, -0.25) is 9.59 Å². The number of hydrogen-bond donors (Lipinski definition) is 2. The second kappa shape index (κ2) is 6.73. The molecule has 106 valence electrons. The van der Waals surface area contributed by atoms with E-state index in [1.165, 1.54) is 0 Å². The third-order valence-electron chi connectivity index (χ3n) is 3.02. The molecule has 0 aromatic carbocycles. The normalized spacial score (nSPS) is 14.8. The number of amides is 2. The van der Waals surface area contributed by atoms with Crippen molar-refractivity contribution in [3.05, 3.63) is 0 Å². The molecule has 0 bridgehead atoms. The minimum Gasteiger partial charge on any atom is -0.343 e. The van der Waals surface area contributed by atoms with Crippen molar-refractivity contribution in [3.63, 3.8) is 0 Å². The number of likely N-dealkylation sites (N-methyl/N-ethyl adjacent to an activating group) is 1. The quantitative estimate of drug-likeness (QED) is 0.762. The van der Waals surface area contributed by atoms with E-state index in [1.807, 2.05) is 34.6 Å². The van der Waals surface area contributed by atoms with E-state index in [4.69, 9.17) is 5.73 Å². The highest BCUT2D eigenvalue weighted by Crippen LogP contribution is 2.17.